The van der Waals surface area contributed by atoms with Crippen molar-refractivity contribution < 1.29 is 0 Å². The van der Waals surface area contributed by atoms with Crippen molar-refractivity contribution in [1.82, 2.24) is 10.4 Å². The van der Waals surface area contributed by atoms with Gasteiger partial charge in [-0.2, -0.15) is 0 Å². The van der Waals surface area contributed by atoms with Crippen molar-refractivity contribution >= 4 is 28.8 Å². The first-order valence-corrected chi connectivity index (χ1v) is 19.4. The summed E-state index contributed by atoms with van der Waals surface area (Å²) in [5.41, 5.74) is 26.3. The fourth-order valence-corrected chi connectivity index (χ4v) is 9.04. The molecule has 0 fully saturated rings. The Labute approximate surface area is 329 Å². The van der Waals surface area contributed by atoms with Crippen molar-refractivity contribution in [3.05, 3.63) is 245 Å². The molecule has 1 atom stereocenters. The maximum atomic E-state index is 6.13. The molecule has 1 aliphatic carbocycles. The second kappa shape index (κ2) is 14.2. The minimum atomic E-state index is -0.526. The van der Waals surface area contributed by atoms with E-state index < -0.39 is 5.41 Å². The average molecular weight is 723 g/mol. The third-order valence-corrected chi connectivity index (χ3v) is 11.5. The molecular weight excluding hydrogens is 681 g/mol. The summed E-state index contributed by atoms with van der Waals surface area (Å²) in [6.07, 6.45) is 9.05. The molecule has 0 amide bonds. The lowest BCUT2D eigenvalue weighted by atomic mass is 9.63. The van der Waals surface area contributed by atoms with Gasteiger partial charge in [-0.1, -0.05) is 164 Å². The fraction of sp³-hybridized carbons (Fsp3) is 0.0769. The van der Waals surface area contributed by atoms with Crippen LogP contribution in [0.4, 0.5) is 17.1 Å². The molecule has 0 bridgehead atoms. The SMILES string of the molecule is NC/C=C\C1=Cc2ccc(-c3ccc(C4C=C(c5ccccc5)NN4Cc4ccccc4)cc3)cc2C12c1ccccc1N(c1ccccc1)c1ccccc12. The van der Waals surface area contributed by atoms with Gasteiger partial charge < -0.3 is 16.1 Å². The summed E-state index contributed by atoms with van der Waals surface area (Å²) >= 11 is 0. The number of nitrogens with two attached hydrogens (primary N) is 1. The Morgan fingerprint density at radius 1 is 0.589 bits per heavy atom. The van der Waals surface area contributed by atoms with Crippen LogP contribution in [0.1, 0.15) is 45.0 Å². The van der Waals surface area contributed by atoms with Crippen molar-refractivity contribution in [1.29, 1.82) is 0 Å². The van der Waals surface area contributed by atoms with Gasteiger partial charge in [0.15, 0.2) is 0 Å². The molecule has 2 aliphatic heterocycles. The van der Waals surface area contributed by atoms with Crippen LogP contribution in [0.2, 0.25) is 0 Å². The van der Waals surface area contributed by atoms with Gasteiger partial charge in [-0.05, 0) is 98.1 Å². The largest absolute Gasteiger partial charge is 0.327 e. The van der Waals surface area contributed by atoms with Gasteiger partial charge >= 0.3 is 0 Å². The molecule has 0 radical (unpaired) electrons. The molecule has 0 saturated heterocycles. The van der Waals surface area contributed by atoms with Gasteiger partial charge in [-0.3, -0.25) is 0 Å². The molecule has 2 heterocycles. The molecule has 0 aromatic heterocycles. The van der Waals surface area contributed by atoms with Crippen molar-refractivity contribution in [3.63, 3.8) is 0 Å². The molecule has 1 spiro atoms. The molecule has 1 unspecified atom stereocenters. The predicted octanol–water partition coefficient (Wildman–Crippen LogP) is 11.5. The third kappa shape index (κ3) is 5.62. The first-order chi connectivity index (χ1) is 27.7. The summed E-state index contributed by atoms with van der Waals surface area (Å²) in [7, 11) is 0. The zero-order chi connectivity index (χ0) is 37.5. The predicted molar refractivity (Wildman–Crippen MR) is 231 cm³/mol. The van der Waals surface area contributed by atoms with Crippen molar-refractivity contribution in [2.75, 3.05) is 11.4 Å². The standard InChI is InChI=1S/C52H42N4/c53-32-14-19-43-33-42-31-30-41(34-47(42)52(43)45-22-10-12-24-49(45)56(44-20-8-3-9-21-44)50-25-13-11-23-46(50)52)38-26-28-40(29-27-38)51-35-48(39-17-6-2-7-18-39)54-55(51)36-37-15-4-1-5-16-37/h1-31,33-35,51,54H,32,36,53H2/b19-14-. The van der Waals surface area contributed by atoms with Gasteiger partial charge in [0, 0.05) is 18.8 Å². The van der Waals surface area contributed by atoms with E-state index in [1.807, 2.05) is 0 Å². The molecule has 7 aromatic rings. The zero-order valence-electron chi connectivity index (χ0n) is 31.1. The minimum absolute atomic E-state index is 0.0756. The Kier molecular flexibility index (Phi) is 8.56. The van der Waals surface area contributed by atoms with E-state index in [-0.39, 0.29) is 6.04 Å². The molecule has 4 nitrogen and oxygen atoms in total. The number of hydrogen-bond donors (Lipinski definition) is 2. The van der Waals surface area contributed by atoms with Gasteiger partial charge in [-0.15, -0.1) is 0 Å². The maximum Gasteiger partial charge on any atom is 0.0748 e. The van der Waals surface area contributed by atoms with Crippen LogP contribution in [0.3, 0.4) is 0 Å². The number of para-hydroxylation sites is 3. The number of hydrazine groups is 1. The fourth-order valence-electron chi connectivity index (χ4n) is 9.04. The summed E-state index contributed by atoms with van der Waals surface area (Å²) in [5.74, 6) is 0. The number of anilines is 3. The molecule has 270 valence electrons. The highest BCUT2D eigenvalue weighted by Crippen LogP contribution is 2.61. The number of nitrogens with zero attached hydrogens (tertiary/aromatic N) is 2. The van der Waals surface area contributed by atoms with Crippen molar-refractivity contribution in [2.45, 2.75) is 18.0 Å². The monoisotopic (exact) mass is 722 g/mol. The highest BCUT2D eigenvalue weighted by atomic mass is 15.5. The topological polar surface area (TPSA) is 44.5 Å². The number of benzene rings is 7. The third-order valence-electron chi connectivity index (χ3n) is 11.5. The quantitative estimate of drug-likeness (QED) is 0.164. The Morgan fingerprint density at radius 2 is 1.20 bits per heavy atom. The number of hydrogen-bond acceptors (Lipinski definition) is 4. The smallest absolute Gasteiger partial charge is 0.0748 e. The van der Waals surface area contributed by atoms with Crippen LogP contribution in [0.5, 0.6) is 0 Å². The highest BCUT2D eigenvalue weighted by molar-refractivity contribution is 5.94. The van der Waals surface area contributed by atoms with E-state index in [9.17, 15) is 0 Å². The second-order valence-corrected chi connectivity index (χ2v) is 14.7. The normalized spacial score (nSPS) is 16.6. The van der Waals surface area contributed by atoms with E-state index in [1.54, 1.807) is 0 Å². The van der Waals surface area contributed by atoms with Crippen molar-refractivity contribution in [3.8, 4) is 11.1 Å². The minimum Gasteiger partial charge on any atom is -0.327 e. The summed E-state index contributed by atoms with van der Waals surface area (Å²) in [6, 6.07) is 66.1. The number of rotatable bonds is 8. The van der Waals surface area contributed by atoms with Crippen LogP contribution in [0, 0.1) is 0 Å². The highest BCUT2D eigenvalue weighted by Gasteiger charge is 2.50. The van der Waals surface area contributed by atoms with Crippen LogP contribution in [-0.2, 0) is 12.0 Å². The molecule has 3 aliphatic rings. The van der Waals surface area contributed by atoms with Gasteiger partial charge in [0.25, 0.3) is 0 Å². The lowest BCUT2D eigenvalue weighted by Gasteiger charge is -2.45. The molecule has 10 rings (SSSR count). The van der Waals surface area contributed by atoms with Crippen LogP contribution in [0.25, 0.3) is 22.9 Å². The van der Waals surface area contributed by atoms with Crippen LogP contribution < -0.4 is 16.1 Å². The van der Waals surface area contributed by atoms with Crippen LogP contribution in [-0.4, -0.2) is 11.6 Å². The molecule has 4 heteroatoms. The van der Waals surface area contributed by atoms with Gasteiger partial charge in [-0.25, -0.2) is 5.01 Å². The lowest BCUT2D eigenvalue weighted by molar-refractivity contribution is 0.196. The Morgan fingerprint density at radius 3 is 1.88 bits per heavy atom. The Balaban J connectivity index is 1.07. The Hall–Kier alpha value is -6.72. The van der Waals surface area contributed by atoms with E-state index in [1.165, 1.54) is 67.0 Å². The van der Waals surface area contributed by atoms with Gasteiger partial charge in [0.1, 0.15) is 0 Å². The van der Waals surface area contributed by atoms with E-state index in [0.29, 0.717) is 6.54 Å². The zero-order valence-corrected chi connectivity index (χ0v) is 31.1. The molecular formula is C52H42N4. The average Bonchev–Trinajstić information content (AvgIpc) is 3.83. The van der Waals surface area contributed by atoms with Gasteiger partial charge in [0.2, 0.25) is 0 Å². The number of allylic oxidation sites excluding steroid dienone is 2. The molecule has 0 saturated carbocycles. The van der Waals surface area contributed by atoms with E-state index in [4.69, 9.17) is 5.73 Å². The second-order valence-electron chi connectivity index (χ2n) is 14.7. The van der Waals surface area contributed by atoms with E-state index >= 15 is 0 Å². The summed E-state index contributed by atoms with van der Waals surface area (Å²) < 4.78 is 0. The first-order valence-electron chi connectivity index (χ1n) is 19.4. The Bertz CT molecular complexity index is 2580. The summed E-state index contributed by atoms with van der Waals surface area (Å²) in [5, 5.41) is 2.34. The first kappa shape index (κ1) is 33.8. The molecule has 3 N–H and O–H groups in total. The summed E-state index contributed by atoms with van der Waals surface area (Å²) in [6.45, 7) is 1.26. The van der Waals surface area contributed by atoms with Crippen molar-refractivity contribution in [2.24, 2.45) is 5.73 Å². The summed E-state index contributed by atoms with van der Waals surface area (Å²) in [4.78, 5) is 2.41. The van der Waals surface area contributed by atoms with Crippen LogP contribution >= 0.6 is 0 Å². The molecule has 56 heavy (non-hydrogen) atoms. The van der Waals surface area contributed by atoms with E-state index in [2.05, 4.69) is 222 Å². The number of fused-ring (bicyclic) bond motifs is 6. The van der Waals surface area contributed by atoms with Crippen LogP contribution in [0.15, 0.2) is 206 Å². The number of nitrogens with one attached hydrogen (secondary N) is 1. The molecule has 7 aromatic carbocycles. The van der Waals surface area contributed by atoms with Gasteiger partial charge in [0.05, 0.1) is 28.5 Å². The lowest BCUT2D eigenvalue weighted by Crippen LogP contribution is -2.36. The van der Waals surface area contributed by atoms with E-state index in [0.717, 1.165) is 17.9 Å². The maximum absolute atomic E-state index is 6.13.